The lowest BCUT2D eigenvalue weighted by Gasteiger charge is -2.12. The number of carbonyl (C=O) groups is 1. The summed E-state index contributed by atoms with van der Waals surface area (Å²) in [7, 11) is 0. The quantitative estimate of drug-likeness (QED) is 0.270. The molecule has 1 aromatic heterocycles. The van der Waals surface area contributed by atoms with Crippen molar-refractivity contribution in [3.05, 3.63) is 99.5 Å². The third kappa shape index (κ3) is 5.88. The molecule has 1 heterocycles. The predicted molar refractivity (Wildman–Crippen MR) is 134 cm³/mol. The molecule has 0 saturated heterocycles. The molecule has 4 rings (SSSR count). The van der Waals surface area contributed by atoms with Crippen molar-refractivity contribution in [2.45, 2.75) is 24.4 Å². The van der Waals surface area contributed by atoms with E-state index in [0.717, 1.165) is 16.8 Å². The molecule has 34 heavy (non-hydrogen) atoms. The number of aromatic nitrogens is 3. The van der Waals surface area contributed by atoms with Crippen LogP contribution in [0.4, 0.5) is 14.9 Å². The van der Waals surface area contributed by atoms with E-state index in [1.165, 1.54) is 23.9 Å². The first kappa shape index (κ1) is 24.1. The largest absolute Gasteiger partial charge is 0.331 e. The molecular weight excluding hydrogens is 496 g/mol. The lowest BCUT2D eigenvalue weighted by molar-refractivity contribution is 0.251. The maximum atomic E-state index is 13.2. The number of amides is 2. The van der Waals surface area contributed by atoms with E-state index in [2.05, 4.69) is 20.8 Å². The van der Waals surface area contributed by atoms with Crippen LogP contribution < -0.4 is 10.6 Å². The summed E-state index contributed by atoms with van der Waals surface area (Å²) in [6.45, 7) is 2.13. The van der Waals surface area contributed by atoms with Crippen molar-refractivity contribution in [1.29, 1.82) is 0 Å². The van der Waals surface area contributed by atoms with E-state index in [4.69, 9.17) is 23.2 Å². The number of rotatable bonds is 7. The van der Waals surface area contributed by atoms with Crippen molar-refractivity contribution in [1.82, 2.24) is 20.1 Å². The SMILES string of the molecule is Cc1ccc(-n2c(CNC(=O)Nc3cccc(Cl)c3Cl)nnc2SCc2ccc(F)cc2)cc1. The molecule has 0 atom stereocenters. The summed E-state index contributed by atoms with van der Waals surface area (Å²) in [5, 5.41) is 15.4. The van der Waals surface area contributed by atoms with Crippen LogP contribution in [0.15, 0.2) is 71.9 Å². The second kappa shape index (κ2) is 10.9. The Hall–Kier alpha value is -3.07. The number of benzene rings is 3. The summed E-state index contributed by atoms with van der Waals surface area (Å²) in [4.78, 5) is 12.5. The molecule has 0 spiro atoms. The molecule has 0 aliphatic rings. The number of halogens is 3. The van der Waals surface area contributed by atoms with Gasteiger partial charge in [0.1, 0.15) is 5.82 Å². The lowest BCUT2D eigenvalue weighted by Crippen LogP contribution is -2.29. The topological polar surface area (TPSA) is 71.8 Å². The number of hydrogen-bond acceptors (Lipinski definition) is 4. The van der Waals surface area contributed by atoms with Gasteiger partial charge in [-0.2, -0.15) is 0 Å². The van der Waals surface area contributed by atoms with Crippen LogP contribution in [0.1, 0.15) is 17.0 Å². The number of aryl methyl sites for hydroxylation is 1. The molecule has 6 nitrogen and oxygen atoms in total. The van der Waals surface area contributed by atoms with Gasteiger partial charge in [-0.25, -0.2) is 9.18 Å². The molecule has 10 heteroatoms. The molecule has 0 unspecified atom stereocenters. The molecule has 174 valence electrons. The minimum atomic E-state index is -0.455. The van der Waals surface area contributed by atoms with Gasteiger partial charge in [0, 0.05) is 11.4 Å². The maximum Gasteiger partial charge on any atom is 0.319 e. The fourth-order valence-corrected chi connectivity index (χ4v) is 4.39. The minimum absolute atomic E-state index is 0.127. The van der Waals surface area contributed by atoms with Gasteiger partial charge < -0.3 is 10.6 Å². The van der Waals surface area contributed by atoms with Gasteiger partial charge in [0.25, 0.3) is 0 Å². The molecule has 0 aliphatic carbocycles. The fraction of sp³-hybridized carbons (Fsp3) is 0.125. The van der Waals surface area contributed by atoms with E-state index in [0.29, 0.717) is 27.4 Å². The number of urea groups is 1. The van der Waals surface area contributed by atoms with E-state index in [-0.39, 0.29) is 17.4 Å². The minimum Gasteiger partial charge on any atom is -0.331 e. The van der Waals surface area contributed by atoms with Gasteiger partial charge in [0.15, 0.2) is 11.0 Å². The fourth-order valence-electron chi connectivity index (χ4n) is 3.12. The Balaban J connectivity index is 1.51. The molecule has 2 amide bonds. The predicted octanol–water partition coefficient (Wildman–Crippen LogP) is 6.64. The monoisotopic (exact) mass is 515 g/mol. The third-order valence-electron chi connectivity index (χ3n) is 4.88. The van der Waals surface area contributed by atoms with Crippen molar-refractivity contribution >= 4 is 46.7 Å². The molecular formula is C24H20Cl2FN5OS. The molecule has 0 saturated carbocycles. The van der Waals surface area contributed by atoms with E-state index in [1.807, 2.05) is 35.8 Å². The van der Waals surface area contributed by atoms with Crippen LogP contribution in [-0.2, 0) is 12.3 Å². The summed E-state index contributed by atoms with van der Waals surface area (Å²) >= 11 is 13.6. The van der Waals surface area contributed by atoms with Crippen LogP contribution >= 0.6 is 35.0 Å². The zero-order chi connectivity index (χ0) is 24.1. The van der Waals surface area contributed by atoms with Crippen molar-refractivity contribution in [3.63, 3.8) is 0 Å². The highest BCUT2D eigenvalue weighted by atomic mass is 35.5. The zero-order valence-electron chi connectivity index (χ0n) is 18.1. The van der Waals surface area contributed by atoms with Gasteiger partial charge in [-0.05, 0) is 48.9 Å². The molecule has 2 N–H and O–H groups in total. The highest BCUT2D eigenvalue weighted by Gasteiger charge is 2.16. The Morgan fingerprint density at radius 3 is 2.50 bits per heavy atom. The average molecular weight is 516 g/mol. The van der Waals surface area contributed by atoms with Gasteiger partial charge >= 0.3 is 6.03 Å². The van der Waals surface area contributed by atoms with Crippen LogP contribution in [0.2, 0.25) is 10.0 Å². The second-order valence-corrected chi connectivity index (χ2v) is 9.12. The third-order valence-corrected chi connectivity index (χ3v) is 6.70. The number of hydrogen-bond donors (Lipinski definition) is 2. The highest BCUT2D eigenvalue weighted by molar-refractivity contribution is 7.98. The van der Waals surface area contributed by atoms with Crippen molar-refractivity contribution in [2.75, 3.05) is 5.32 Å². The zero-order valence-corrected chi connectivity index (χ0v) is 20.4. The Kier molecular flexibility index (Phi) is 7.72. The second-order valence-electron chi connectivity index (χ2n) is 7.39. The van der Waals surface area contributed by atoms with E-state index < -0.39 is 6.03 Å². The molecule has 3 aromatic carbocycles. The Morgan fingerprint density at radius 1 is 1.03 bits per heavy atom. The van der Waals surface area contributed by atoms with E-state index in [1.54, 1.807) is 30.3 Å². The molecule has 0 radical (unpaired) electrons. The van der Waals surface area contributed by atoms with E-state index >= 15 is 0 Å². The van der Waals surface area contributed by atoms with Crippen LogP contribution in [0.3, 0.4) is 0 Å². The average Bonchev–Trinajstić information content (AvgIpc) is 3.23. The van der Waals surface area contributed by atoms with Crippen molar-refractivity contribution in [3.8, 4) is 5.69 Å². The first-order valence-electron chi connectivity index (χ1n) is 10.3. The van der Waals surface area contributed by atoms with Crippen LogP contribution in [0.5, 0.6) is 0 Å². The smallest absolute Gasteiger partial charge is 0.319 e. The van der Waals surface area contributed by atoms with Crippen LogP contribution in [0.25, 0.3) is 5.69 Å². The highest BCUT2D eigenvalue weighted by Crippen LogP contribution is 2.29. The van der Waals surface area contributed by atoms with Gasteiger partial charge in [0.2, 0.25) is 0 Å². The van der Waals surface area contributed by atoms with Gasteiger partial charge in [-0.1, -0.05) is 70.9 Å². The van der Waals surface area contributed by atoms with Crippen molar-refractivity contribution in [2.24, 2.45) is 0 Å². The van der Waals surface area contributed by atoms with Crippen LogP contribution in [0, 0.1) is 12.7 Å². The summed E-state index contributed by atoms with van der Waals surface area (Å²) in [6.07, 6.45) is 0. The number of nitrogens with zero attached hydrogens (tertiary/aromatic N) is 3. The summed E-state index contributed by atoms with van der Waals surface area (Å²) < 4.78 is 15.1. The number of thioether (sulfide) groups is 1. The molecule has 0 bridgehead atoms. The van der Waals surface area contributed by atoms with Gasteiger partial charge in [-0.15, -0.1) is 10.2 Å². The molecule has 4 aromatic rings. The normalized spacial score (nSPS) is 10.8. The molecule has 0 fully saturated rings. The number of nitrogens with one attached hydrogen (secondary N) is 2. The van der Waals surface area contributed by atoms with Crippen molar-refractivity contribution < 1.29 is 9.18 Å². The summed E-state index contributed by atoms with van der Waals surface area (Å²) in [5.74, 6) is 0.867. The Labute approximate surface area is 210 Å². The number of carbonyl (C=O) groups excluding carboxylic acids is 1. The standard InChI is InChI=1S/C24H20Cl2FN5OS/c1-15-5-11-18(12-6-15)32-21(13-28-23(33)29-20-4-2-3-19(25)22(20)26)30-31-24(32)34-14-16-7-9-17(27)10-8-16/h2-12H,13-14H2,1H3,(H2,28,29,33). The van der Waals surface area contributed by atoms with E-state index in [9.17, 15) is 9.18 Å². The lowest BCUT2D eigenvalue weighted by atomic mass is 10.2. The first-order valence-corrected chi connectivity index (χ1v) is 12.0. The van der Waals surface area contributed by atoms with Gasteiger partial charge in [-0.3, -0.25) is 4.57 Å². The summed E-state index contributed by atoms with van der Waals surface area (Å²) in [5.41, 5.74) is 3.35. The Morgan fingerprint density at radius 2 is 1.76 bits per heavy atom. The summed E-state index contributed by atoms with van der Waals surface area (Å²) in [6, 6.07) is 18.8. The maximum absolute atomic E-state index is 13.2. The number of anilines is 1. The molecule has 0 aliphatic heterocycles. The van der Waals surface area contributed by atoms with Gasteiger partial charge in [0.05, 0.1) is 22.3 Å². The van der Waals surface area contributed by atoms with Crippen LogP contribution in [-0.4, -0.2) is 20.8 Å². The Bertz CT molecular complexity index is 1300. The first-order chi connectivity index (χ1) is 16.4.